The van der Waals surface area contributed by atoms with Crippen molar-refractivity contribution >= 4 is 30.3 Å². The van der Waals surface area contributed by atoms with Gasteiger partial charge in [0.1, 0.15) is 0 Å². The highest BCUT2D eigenvalue weighted by Crippen LogP contribution is 2.40. The smallest absolute Gasteiger partial charge is 0.0777 e. The number of rotatable bonds is 7. The average Bonchev–Trinajstić information content (AvgIpc) is 3.03. The number of hydrogen-bond acceptors (Lipinski definition) is 3. The minimum atomic E-state index is -1.48. The van der Waals surface area contributed by atoms with Crippen molar-refractivity contribution in [2.75, 3.05) is 4.90 Å². The lowest BCUT2D eigenvalue weighted by molar-refractivity contribution is 1.23. The van der Waals surface area contributed by atoms with Crippen LogP contribution < -0.4 is 10.1 Å². The molecule has 3 nitrogen and oxygen atoms in total. The van der Waals surface area contributed by atoms with Crippen molar-refractivity contribution in [3.8, 4) is 33.6 Å². The van der Waals surface area contributed by atoms with E-state index >= 15 is 0 Å². The molecular weight excluding hydrogens is 551 g/mol. The molecule has 0 aliphatic rings. The van der Waals surface area contributed by atoms with E-state index in [1.165, 1.54) is 27.4 Å². The maximum Gasteiger partial charge on any atom is 0.0777 e. The van der Waals surface area contributed by atoms with Gasteiger partial charge >= 0.3 is 0 Å². The van der Waals surface area contributed by atoms with E-state index in [4.69, 9.17) is 9.97 Å². The van der Waals surface area contributed by atoms with E-state index in [0.29, 0.717) is 0 Å². The molecule has 0 saturated heterocycles. The highest BCUT2D eigenvalue weighted by Gasteiger charge is 2.19. The Morgan fingerprint density at radius 3 is 1.84 bits per heavy atom. The van der Waals surface area contributed by atoms with Crippen LogP contribution in [-0.4, -0.2) is 18.0 Å². The topological polar surface area (TPSA) is 29.0 Å². The standard InChI is InChI=1S/C40H39N3Si/c1-28-18-19-29(2)40(22-28)43(34-16-10-14-32(23-34)38-25-36(20-21-41-38)44(4,5)6)35-17-11-15-33(24-35)39-26-37(30(3)27-42-39)31-12-8-7-9-13-31/h7-27H,1-6H3. The van der Waals surface area contributed by atoms with Crippen molar-refractivity contribution in [3.05, 3.63) is 144 Å². The minimum Gasteiger partial charge on any atom is -0.310 e. The first-order chi connectivity index (χ1) is 21.2. The normalized spacial score (nSPS) is 11.4. The second-order valence-corrected chi connectivity index (χ2v) is 17.7. The Balaban J connectivity index is 1.48. The first-order valence-corrected chi connectivity index (χ1v) is 18.7. The quantitative estimate of drug-likeness (QED) is 0.173. The average molecular weight is 590 g/mol. The lowest BCUT2D eigenvalue weighted by Gasteiger charge is -2.28. The summed E-state index contributed by atoms with van der Waals surface area (Å²) in [6.07, 6.45) is 3.94. The number of benzene rings is 4. The first-order valence-electron chi connectivity index (χ1n) is 15.2. The molecule has 0 spiro atoms. The van der Waals surface area contributed by atoms with Gasteiger partial charge in [-0.05, 0) is 97.1 Å². The molecule has 0 bridgehead atoms. The van der Waals surface area contributed by atoms with E-state index < -0.39 is 8.07 Å². The van der Waals surface area contributed by atoms with E-state index in [0.717, 1.165) is 45.1 Å². The molecular formula is C40H39N3Si. The summed E-state index contributed by atoms with van der Waals surface area (Å²) in [4.78, 5) is 12.0. The van der Waals surface area contributed by atoms with Crippen molar-refractivity contribution in [2.24, 2.45) is 0 Å². The van der Waals surface area contributed by atoms with Gasteiger partial charge in [-0.25, -0.2) is 0 Å². The van der Waals surface area contributed by atoms with Gasteiger partial charge in [0.05, 0.1) is 19.5 Å². The Hall–Kier alpha value is -4.80. The predicted octanol–water partition coefficient (Wildman–Crippen LogP) is 10.4. The van der Waals surface area contributed by atoms with Crippen molar-refractivity contribution in [1.82, 2.24) is 9.97 Å². The zero-order valence-electron chi connectivity index (χ0n) is 26.5. The van der Waals surface area contributed by atoms with Gasteiger partial charge in [-0.15, -0.1) is 0 Å². The summed E-state index contributed by atoms with van der Waals surface area (Å²) in [5.41, 5.74) is 13.5. The van der Waals surface area contributed by atoms with Gasteiger partial charge in [0.2, 0.25) is 0 Å². The van der Waals surface area contributed by atoms with Crippen LogP contribution in [0.2, 0.25) is 19.6 Å². The predicted molar refractivity (Wildman–Crippen MR) is 190 cm³/mol. The fourth-order valence-electron chi connectivity index (χ4n) is 5.66. The summed E-state index contributed by atoms with van der Waals surface area (Å²) >= 11 is 0. The second kappa shape index (κ2) is 12.1. The molecule has 2 heterocycles. The Bertz CT molecular complexity index is 1940. The molecule has 0 unspecified atom stereocenters. The molecule has 0 fully saturated rings. The molecule has 2 aromatic heterocycles. The van der Waals surface area contributed by atoms with Crippen LogP contribution in [0.15, 0.2) is 128 Å². The summed E-state index contributed by atoms with van der Waals surface area (Å²) < 4.78 is 0. The molecule has 0 aliphatic carbocycles. The summed E-state index contributed by atoms with van der Waals surface area (Å²) in [7, 11) is -1.48. The molecule has 6 aromatic rings. The minimum absolute atomic E-state index is 0.957. The zero-order chi connectivity index (χ0) is 30.8. The van der Waals surface area contributed by atoms with Gasteiger partial charge in [0.25, 0.3) is 0 Å². The van der Waals surface area contributed by atoms with Gasteiger partial charge in [-0.3, -0.25) is 9.97 Å². The zero-order valence-corrected chi connectivity index (χ0v) is 27.5. The fraction of sp³-hybridized carbons (Fsp3) is 0.150. The molecule has 0 radical (unpaired) electrons. The Labute approximate surface area is 262 Å². The molecule has 0 N–H and O–H groups in total. The van der Waals surface area contributed by atoms with E-state index in [1.54, 1.807) is 0 Å². The third kappa shape index (κ3) is 6.13. The summed E-state index contributed by atoms with van der Waals surface area (Å²) in [6.45, 7) is 13.6. The van der Waals surface area contributed by atoms with Crippen molar-refractivity contribution in [1.29, 1.82) is 0 Å². The van der Waals surface area contributed by atoms with Crippen LogP contribution in [0.5, 0.6) is 0 Å². The first kappa shape index (κ1) is 29.3. The molecule has 44 heavy (non-hydrogen) atoms. The maximum absolute atomic E-state index is 4.87. The fourth-order valence-corrected chi connectivity index (χ4v) is 6.81. The number of aromatic nitrogens is 2. The molecule has 6 rings (SSSR count). The highest BCUT2D eigenvalue weighted by molar-refractivity contribution is 6.88. The maximum atomic E-state index is 4.87. The third-order valence-corrected chi connectivity index (χ3v) is 10.3. The summed E-state index contributed by atoms with van der Waals surface area (Å²) in [6, 6.07) is 41.4. The van der Waals surface area contributed by atoms with E-state index in [1.807, 2.05) is 12.4 Å². The van der Waals surface area contributed by atoms with Crippen LogP contribution in [0.25, 0.3) is 33.6 Å². The summed E-state index contributed by atoms with van der Waals surface area (Å²) in [5.74, 6) is 0. The SMILES string of the molecule is Cc1ccc(C)c(N(c2cccc(-c3cc([Si](C)(C)C)ccn3)c2)c2cccc(-c3cc(-c4ccccc4)c(C)cn3)c2)c1. The molecule has 0 amide bonds. The van der Waals surface area contributed by atoms with Crippen LogP contribution in [0.1, 0.15) is 16.7 Å². The Morgan fingerprint density at radius 1 is 0.545 bits per heavy atom. The van der Waals surface area contributed by atoms with Gasteiger partial charge in [0, 0.05) is 40.6 Å². The van der Waals surface area contributed by atoms with Gasteiger partial charge in [0.15, 0.2) is 0 Å². The van der Waals surface area contributed by atoms with Crippen LogP contribution >= 0.6 is 0 Å². The monoisotopic (exact) mass is 589 g/mol. The number of anilines is 3. The largest absolute Gasteiger partial charge is 0.310 e. The molecule has 0 aliphatic heterocycles. The molecule has 218 valence electrons. The number of hydrogen-bond donors (Lipinski definition) is 0. The van der Waals surface area contributed by atoms with E-state index in [2.05, 4.69) is 161 Å². The molecule has 4 aromatic carbocycles. The van der Waals surface area contributed by atoms with E-state index in [-0.39, 0.29) is 0 Å². The second-order valence-electron chi connectivity index (χ2n) is 12.7. The van der Waals surface area contributed by atoms with Crippen LogP contribution in [0.3, 0.4) is 0 Å². The molecule has 0 atom stereocenters. The van der Waals surface area contributed by atoms with Gasteiger partial charge in [-0.1, -0.05) is 91.6 Å². The molecule has 4 heteroatoms. The number of aryl methyl sites for hydroxylation is 3. The summed E-state index contributed by atoms with van der Waals surface area (Å²) in [5, 5.41) is 1.41. The van der Waals surface area contributed by atoms with Crippen molar-refractivity contribution in [2.45, 2.75) is 40.4 Å². The van der Waals surface area contributed by atoms with Gasteiger partial charge < -0.3 is 4.90 Å². The van der Waals surface area contributed by atoms with Gasteiger partial charge in [-0.2, -0.15) is 0 Å². The number of nitrogens with zero attached hydrogens (tertiary/aromatic N) is 3. The lowest BCUT2D eigenvalue weighted by atomic mass is 9.99. The Morgan fingerprint density at radius 2 is 1.18 bits per heavy atom. The van der Waals surface area contributed by atoms with Crippen molar-refractivity contribution < 1.29 is 0 Å². The highest BCUT2D eigenvalue weighted by atomic mass is 28.3. The Kier molecular flexibility index (Phi) is 8.02. The lowest BCUT2D eigenvalue weighted by Crippen LogP contribution is -2.37. The van der Waals surface area contributed by atoms with Crippen molar-refractivity contribution in [3.63, 3.8) is 0 Å². The van der Waals surface area contributed by atoms with Crippen LogP contribution in [-0.2, 0) is 0 Å². The number of pyridine rings is 2. The third-order valence-electron chi connectivity index (χ3n) is 8.22. The van der Waals surface area contributed by atoms with Crippen LogP contribution in [0, 0.1) is 20.8 Å². The molecule has 0 saturated carbocycles. The van der Waals surface area contributed by atoms with E-state index in [9.17, 15) is 0 Å². The van der Waals surface area contributed by atoms with Crippen LogP contribution in [0.4, 0.5) is 17.1 Å².